The highest BCUT2D eigenvalue weighted by Gasteiger charge is 2.00. The van der Waals surface area contributed by atoms with Gasteiger partial charge >= 0.3 is 0 Å². The summed E-state index contributed by atoms with van der Waals surface area (Å²) in [6.45, 7) is 0.325. The number of aromatic hydroxyl groups is 1. The lowest BCUT2D eigenvalue weighted by Gasteiger charge is -2.01. The van der Waals surface area contributed by atoms with E-state index in [9.17, 15) is 9.90 Å². The molecule has 0 spiro atoms. The van der Waals surface area contributed by atoms with Crippen LogP contribution < -0.4 is 11.1 Å². The zero-order valence-corrected chi connectivity index (χ0v) is 10.2. The molecule has 5 nitrogen and oxygen atoms in total. The van der Waals surface area contributed by atoms with Crippen molar-refractivity contribution in [3.05, 3.63) is 54.0 Å². The Kier molecular flexibility index (Phi) is 3.87. The van der Waals surface area contributed by atoms with E-state index in [2.05, 4.69) is 5.32 Å². The maximum absolute atomic E-state index is 11.6. The van der Waals surface area contributed by atoms with Gasteiger partial charge in [-0.1, -0.05) is 0 Å². The lowest BCUT2D eigenvalue weighted by molar-refractivity contribution is -0.116. The summed E-state index contributed by atoms with van der Waals surface area (Å²) in [5, 5.41) is 12.0. The highest BCUT2D eigenvalue weighted by molar-refractivity contribution is 5.92. The summed E-state index contributed by atoms with van der Waals surface area (Å²) in [6, 6.07) is 8.09. The Morgan fingerprint density at radius 2 is 2.26 bits per heavy atom. The van der Waals surface area contributed by atoms with Gasteiger partial charge in [0.05, 0.1) is 12.8 Å². The molecule has 0 aliphatic carbocycles. The second kappa shape index (κ2) is 5.77. The first kappa shape index (κ1) is 12.8. The Labute approximate surface area is 110 Å². The number of rotatable bonds is 4. The summed E-state index contributed by atoms with van der Waals surface area (Å²) >= 11 is 0. The molecule has 0 radical (unpaired) electrons. The van der Waals surface area contributed by atoms with Crippen molar-refractivity contribution in [2.24, 2.45) is 0 Å². The Hall–Kier alpha value is -2.69. The van der Waals surface area contributed by atoms with E-state index in [1.807, 2.05) is 0 Å². The highest BCUT2D eigenvalue weighted by atomic mass is 16.3. The molecular formula is C14H14N2O3. The molecule has 0 bridgehead atoms. The predicted molar refractivity (Wildman–Crippen MR) is 72.1 cm³/mol. The van der Waals surface area contributed by atoms with Crippen LogP contribution in [0.4, 0.5) is 5.69 Å². The van der Waals surface area contributed by atoms with Gasteiger partial charge in [0.1, 0.15) is 11.5 Å². The van der Waals surface area contributed by atoms with Crippen LogP contribution in [-0.2, 0) is 11.3 Å². The molecule has 0 saturated heterocycles. The van der Waals surface area contributed by atoms with E-state index in [0.717, 1.165) is 0 Å². The minimum absolute atomic E-state index is 0.102. The largest absolute Gasteiger partial charge is 0.508 e. The number of hydrogen-bond donors (Lipinski definition) is 3. The number of amides is 1. The Morgan fingerprint density at radius 1 is 1.42 bits per heavy atom. The van der Waals surface area contributed by atoms with Gasteiger partial charge in [-0.05, 0) is 36.4 Å². The van der Waals surface area contributed by atoms with E-state index in [1.54, 1.807) is 30.5 Å². The van der Waals surface area contributed by atoms with Gasteiger partial charge in [-0.3, -0.25) is 4.79 Å². The van der Waals surface area contributed by atoms with Gasteiger partial charge in [0.2, 0.25) is 5.91 Å². The van der Waals surface area contributed by atoms with E-state index < -0.39 is 0 Å². The molecule has 1 aromatic heterocycles. The molecule has 2 aromatic rings. The van der Waals surface area contributed by atoms with Crippen LogP contribution >= 0.6 is 0 Å². The fourth-order valence-corrected chi connectivity index (χ4v) is 1.52. The van der Waals surface area contributed by atoms with Crippen molar-refractivity contribution in [2.75, 3.05) is 5.73 Å². The van der Waals surface area contributed by atoms with Crippen LogP contribution in [0.15, 0.2) is 47.1 Å². The second-order valence-corrected chi connectivity index (χ2v) is 3.94. The van der Waals surface area contributed by atoms with E-state index in [0.29, 0.717) is 23.6 Å². The normalized spacial score (nSPS) is 10.7. The third-order valence-corrected chi connectivity index (χ3v) is 2.50. The topological polar surface area (TPSA) is 88.5 Å². The summed E-state index contributed by atoms with van der Waals surface area (Å²) in [4.78, 5) is 11.6. The van der Waals surface area contributed by atoms with Gasteiger partial charge in [0, 0.05) is 17.3 Å². The maximum atomic E-state index is 11.6. The summed E-state index contributed by atoms with van der Waals surface area (Å²) in [5.74, 6) is 0.516. The molecule has 0 aliphatic rings. The molecule has 2 rings (SSSR count). The van der Waals surface area contributed by atoms with E-state index >= 15 is 0 Å². The van der Waals surface area contributed by atoms with Crippen molar-refractivity contribution in [3.8, 4) is 5.75 Å². The lowest BCUT2D eigenvalue weighted by Crippen LogP contribution is -2.19. The number of phenols is 1. The molecule has 0 aliphatic heterocycles. The number of carbonyl (C=O) groups excluding carboxylic acids is 1. The van der Waals surface area contributed by atoms with Gasteiger partial charge in [-0.2, -0.15) is 0 Å². The van der Waals surface area contributed by atoms with Crippen LogP contribution in [0.1, 0.15) is 11.3 Å². The van der Waals surface area contributed by atoms with Gasteiger partial charge in [0.25, 0.3) is 0 Å². The number of nitrogens with two attached hydrogens (primary N) is 1. The standard InChI is InChI=1S/C14H14N2O3/c15-13-5-4-11(17)8-10(13)3-6-14(18)16-9-12-2-1-7-19-12/h1-8,17H,9,15H2,(H,16,18). The number of furan rings is 1. The number of anilines is 1. The molecule has 5 heteroatoms. The number of phenolic OH excluding ortho intramolecular Hbond substituents is 1. The number of hydrogen-bond acceptors (Lipinski definition) is 4. The molecule has 0 saturated carbocycles. The zero-order valence-electron chi connectivity index (χ0n) is 10.2. The lowest BCUT2D eigenvalue weighted by atomic mass is 10.1. The first-order valence-electron chi connectivity index (χ1n) is 5.72. The molecule has 4 N–H and O–H groups in total. The molecule has 19 heavy (non-hydrogen) atoms. The fourth-order valence-electron chi connectivity index (χ4n) is 1.52. The third-order valence-electron chi connectivity index (χ3n) is 2.50. The van der Waals surface area contributed by atoms with Gasteiger partial charge in [0.15, 0.2) is 0 Å². The highest BCUT2D eigenvalue weighted by Crippen LogP contribution is 2.19. The minimum Gasteiger partial charge on any atom is -0.508 e. The molecule has 0 fully saturated rings. The monoisotopic (exact) mass is 258 g/mol. The van der Waals surface area contributed by atoms with Crippen molar-refractivity contribution in [1.29, 1.82) is 0 Å². The average molecular weight is 258 g/mol. The summed E-state index contributed by atoms with van der Waals surface area (Å²) in [5.41, 5.74) is 6.80. The first-order valence-corrected chi connectivity index (χ1v) is 5.72. The minimum atomic E-state index is -0.265. The molecule has 1 amide bonds. The number of benzene rings is 1. The Bertz CT molecular complexity index is 589. The van der Waals surface area contributed by atoms with Gasteiger partial charge in [-0.15, -0.1) is 0 Å². The van der Waals surface area contributed by atoms with Crippen LogP contribution in [0.5, 0.6) is 5.75 Å². The summed E-state index contributed by atoms with van der Waals surface area (Å²) in [7, 11) is 0. The van der Waals surface area contributed by atoms with Crippen LogP contribution in [0.25, 0.3) is 6.08 Å². The maximum Gasteiger partial charge on any atom is 0.244 e. The SMILES string of the molecule is Nc1ccc(O)cc1C=CC(=O)NCc1ccco1. The zero-order chi connectivity index (χ0) is 13.7. The molecular weight excluding hydrogens is 244 g/mol. The number of nitrogen functional groups attached to an aromatic ring is 1. The number of nitrogens with one attached hydrogen (secondary N) is 1. The van der Waals surface area contributed by atoms with Crippen LogP contribution in [-0.4, -0.2) is 11.0 Å². The summed E-state index contributed by atoms with van der Waals surface area (Å²) in [6.07, 6.45) is 4.45. The van der Waals surface area contributed by atoms with E-state index in [1.165, 1.54) is 18.2 Å². The molecule has 1 heterocycles. The summed E-state index contributed by atoms with van der Waals surface area (Å²) < 4.78 is 5.09. The quantitative estimate of drug-likeness (QED) is 0.444. The van der Waals surface area contributed by atoms with Crippen LogP contribution in [0.3, 0.4) is 0 Å². The molecule has 0 unspecified atom stereocenters. The number of carbonyl (C=O) groups is 1. The second-order valence-electron chi connectivity index (χ2n) is 3.94. The third kappa shape index (κ3) is 3.64. The van der Waals surface area contributed by atoms with E-state index in [4.69, 9.17) is 10.2 Å². The average Bonchev–Trinajstić information content (AvgIpc) is 2.90. The van der Waals surface area contributed by atoms with Crippen molar-refractivity contribution < 1.29 is 14.3 Å². The van der Waals surface area contributed by atoms with Crippen LogP contribution in [0, 0.1) is 0 Å². The smallest absolute Gasteiger partial charge is 0.244 e. The molecule has 1 aromatic carbocycles. The molecule has 0 atom stereocenters. The van der Waals surface area contributed by atoms with Crippen molar-refractivity contribution in [1.82, 2.24) is 5.32 Å². The van der Waals surface area contributed by atoms with Crippen LogP contribution in [0.2, 0.25) is 0 Å². The van der Waals surface area contributed by atoms with E-state index in [-0.39, 0.29) is 11.7 Å². The molecule has 98 valence electrons. The Morgan fingerprint density at radius 3 is 3.00 bits per heavy atom. The Balaban J connectivity index is 1.94. The predicted octanol–water partition coefficient (Wildman–Crippen LogP) is 1.90. The van der Waals surface area contributed by atoms with Crippen molar-refractivity contribution in [3.63, 3.8) is 0 Å². The van der Waals surface area contributed by atoms with Gasteiger partial charge < -0.3 is 20.6 Å². The first-order chi connectivity index (χ1) is 9.15. The van der Waals surface area contributed by atoms with Gasteiger partial charge in [-0.25, -0.2) is 0 Å². The van der Waals surface area contributed by atoms with Crippen molar-refractivity contribution in [2.45, 2.75) is 6.54 Å². The van der Waals surface area contributed by atoms with Crippen molar-refractivity contribution >= 4 is 17.7 Å². The fraction of sp³-hybridized carbons (Fsp3) is 0.0714.